The molecule has 1 fully saturated rings. The van der Waals surface area contributed by atoms with Crippen LogP contribution in [0.5, 0.6) is 0 Å². The number of rotatable bonds is 6. The Bertz CT molecular complexity index is 902. The van der Waals surface area contributed by atoms with E-state index < -0.39 is 29.9 Å². The fourth-order valence-electron chi connectivity index (χ4n) is 2.91. The Morgan fingerprint density at radius 3 is 2.54 bits per heavy atom. The summed E-state index contributed by atoms with van der Waals surface area (Å²) < 4.78 is 18.4. The lowest BCUT2D eigenvalue weighted by molar-refractivity contribution is -0.151. The molecule has 7 nitrogen and oxygen atoms in total. The zero-order chi connectivity index (χ0) is 20.1. The molecule has 3 N–H and O–H groups in total. The fourth-order valence-corrected chi connectivity index (χ4v) is 2.91. The number of ether oxygens (including phenoxy) is 1. The van der Waals surface area contributed by atoms with Crippen LogP contribution in [0, 0.1) is 5.82 Å². The van der Waals surface area contributed by atoms with Crippen molar-refractivity contribution in [1.29, 1.82) is 0 Å². The number of carboxylic acid groups (broad SMARTS) is 1. The van der Waals surface area contributed by atoms with Crippen LogP contribution < -0.4 is 10.6 Å². The van der Waals surface area contributed by atoms with Gasteiger partial charge in [-0.1, -0.05) is 18.2 Å². The largest absolute Gasteiger partial charge is 0.479 e. The second-order valence-electron chi connectivity index (χ2n) is 6.41. The van der Waals surface area contributed by atoms with Gasteiger partial charge in [0.05, 0.1) is 0 Å². The van der Waals surface area contributed by atoms with E-state index in [0.29, 0.717) is 18.5 Å². The molecule has 0 aliphatic carbocycles. The number of benzene rings is 2. The summed E-state index contributed by atoms with van der Waals surface area (Å²) in [6, 6.07) is 12.2. The van der Waals surface area contributed by atoms with Crippen LogP contribution in [0.3, 0.4) is 0 Å². The topological polar surface area (TPSA) is 105 Å². The first kappa shape index (κ1) is 19.5. The Balaban J connectivity index is 1.55. The molecule has 2 amide bonds. The van der Waals surface area contributed by atoms with Gasteiger partial charge in [-0.3, -0.25) is 9.59 Å². The van der Waals surface area contributed by atoms with Gasteiger partial charge < -0.3 is 20.5 Å². The molecule has 28 heavy (non-hydrogen) atoms. The van der Waals surface area contributed by atoms with Crippen LogP contribution in [0.1, 0.15) is 28.8 Å². The molecule has 1 aliphatic heterocycles. The molecule has 3 rings (SSSR count). The zero-order valence-corrected chi connectivity index (χ0v) is 14.9. The third kappa shape index (κ3) is 4.92. The number of carbonyl (C=O) groups excluding carboxylic acids is 2. The summed E-state index contributed by atoms with van der Waals surface area (Å²) in [6.45, 7) is 0.195. The van der Waals surface area contributed by atoms with Gasteiger partial charge >= 0.3 is 5.97 Å². The molecule has 0 saturated carbocycles. The predicted molar refractivity (Wildman–Crippen MR) is 98.2 cm³/mol. The van der Waals surface area contributed by atoms with Gasteiger partial charge in [0.25, 0.3) is 5.91 Å². The van der Waals surface area contributed by atoms with Crippen molar-refractivity contribution >= 4 is 23.5 Å². The molecule has 2 aromatic rings. The molecule has 0 aromatic heterocycles. The minimum Gasteiger partial charge on any atom is -0.479 e. The van der Waals surface area contributed by atoms with Crippen LogP contribution >= 0.6 is 0 Å². The van der Waals surface area contributed by atoms with Gasteiger partial charge in [0.2, 0.25) is 5.91 Å². The summed E-state index contributed by atoms with van der Waals surface area (Å²) in [5.74, 6) is -2.39. The van der Waals surface area contributed by atoms with Crippen LogP contribution in [0.15, 0.2) is 48.5 Å². The summed E-state index contributed by atoms with van der Waals surface area (Å²) in [5.41, 5.74) is 1.44. The number of halogens is 1. The van der Waals surface area contributed by atoms with Gasteiger partial charge in [-0.2, -0.15) is 0 Å². The van der Waals surface area contributed by atoms with Crippen molar-refractivity contribution in [3.8, 4) is 0 Å². The highest BCUT2D eigenvalue weighted by molar-refractivity contribution is 6.04. The van der Waals surface area contributed by atoms with E-state index in [1.165, 1.54) is 18.2 Å². The third-order valence-electron chi connectivity index (χ3n) is 4.33. The van der Waals surface area contributed by atoms with Crippen LogP contribution in [0.2, 0.25) is 0 Å². The number of carbonyl (C=O) groups is 3. The zero-order valence-electron chi connectivity index (χ0n) is 14.9. The Labute approximate surface area is 160 Å². The number of amides is 2. The molecule has 146 valence electrons. The maximum Gasteiger partial charge on any atom is 0.332 e. The van der Waals surface area contributed by atoms with Gasteiger partial charge in [0, 0.05) is 17.8 Å². The Hall–Kier alpha value is -3.26. The van der Waals surface area contributed by atoms with Crippen LogP contribution in [0.4, 0.5) is 10.1 Å². The van der Waals surface area contributed by atoms with E-state index >= 15 is 0 Å². The maximum absolute atomic E-state index is 13.2. The first-order valence-electron chi connectivity index (χ1n) is 8.74. The Morgan fingerprint density at radius 2 is 1.82 bits per heavy atom. The lowest BCUT2D eigenvalue weighted by atomic mass is 10.1. The van der Waals surface area contributed by atoms with Crippen molar-refractivity contribution in [2.45, 2.75) is 31.6 Å². The number of carboxylic acids is 1. The van der Waals surface area contributed by atoms with Crippen molar-refractivity contribution < 1.29 is 28.6 Å². The van der Waals surface area contributed by atoms with Gasteiger partial charge in [0.1, 0.15) is 11.9 Å². The molecule has 1 heterocycles. The molecule has 2 atom stereocenters. The number of hydrogen-bond donors (Lipinski definition) is 3. The molecular formula is C20H19FN2O5. The summed E-state index contributed by atoms with van der Waals surface area (Å²) in [6.07, 6.45) is -1.07. The van der Waals surface area contributed by atoms with E-state index in [1.54, 1.807) is 24.3 Å². The minimum atomic E-state index is -1.07. The van der Waals surface area contributed by atoms with Crippen LogP contribution in [-0.4, -0.2) is 35.1 Å². The van der Waals surface area contributed by atoms with Gasteiger partial charge in [0.15, 0.2) is 6.10 Å². The number of hydrogen-bond acceptors (Lipinski definition) is 4. The van der Waals surface area contributed by atoms with Crippen molar-refractivity contribution in [3.63, 3.8) is 0 Å². The summed E-state index contributed by atoms with van der Waals surface area (Å²) in [5, 5.41) is 14.3. The van der Waals surface area contributed by atoms with Crippen LogP contribution in [-0.2, 0) is 20.9 Å². The Kier molecular flexibility index (Phi) is 6.00. The highest BCUT2D eigenvalue weighted by Gasteiger charge is 2.34. The van der Waals surface area contributed by atoms with Crippen LogP contribution in [0.25, 0.3) is 0 Å². The number of anilines is 1. The van der Waals surface area contributed by atoms with E-state index in [4.69, 9.17) is 9.84 Å². The highest BCUT2D eigenvalue weighted by Crippen LogP contribution is 2.20. The molecule has 2 aromatic carbocycles. The average molecular weight is 386 g/mol. The van der Waals surface area contributed by atoms with E-state index in [0.717, 1.165) is 11.6 Å². The predicted octanol–water partition coefficient (Wildman–Crippen LogP) is 2.33. The van der Waals surface area contributed by atoms with Gasteiger partial charge in [-0.25, -0.2) is 9.18 Å². The summed E-state index contributed by atoms with van der Waals surface area (Å²) in [4.78, 5) is 35.2. The van der Waals surface area contributed by atoms with Crippen molar-refractivity contribution in [2.24, 2.45) is 0 Å². The maximum atomic E-state index is 13.2. The van der Waals surface area contributed by atoms with Gasteiger partial charge in [-0.05, 0) is 48.7 Å². The van der Waals surface area contributed by atoms with E-state index in [-0.39, 0.29) is 18.0 Å². The molecule has 1 saturated heterocycles. The second-order valence-corrected chi connectivity index (χ2v) is 6.41. The quantitative estimate of drug-likeness (QED) is 0.707. The first-order chi connectivity index (χ1) is 13.4. The highest BCUT2D eigenvalue weighted by atomic mass is 19.1. The molecule has 8 heteroatoms. The van der Waals surface area contributed by atoms with Crippen molar-refractivity contribution in [3.05, 3.63) is 65.5 Å². The molecule has 0 radical (unpaired) electrons. The lowest BCUT2D eigenvalue weighted by Gasteiger charge is -2.12. The molecular weight excluding hydrogens is 367 g/mol. The standard InChI is InChI=1S/C20H19FN2O5/c21-14-5-2-4-13(10-14)18(24)23-15-6-1-3-12(9-15)11-22-19(25)16-7-8-17(28-16)20(26)27/h1-6,9-10,16-17H,7-8,11H2,(H,22,25)(H,23,24)(H,26,27)/t16-,17+/m0/s1. The van der Waals surface area contributed by atoms with E-state index in [9.17, 15) is 18.8 Å². The number of nitrogens with one attached hydrogen (secondary N) is 2. The first-order valence-corrected chi connectivity index (χ1v) is 8.74. The monoisotopic (exact) mass is 386 g/mol. The lowest BCUT2D eigenvalue weighted by Crippen LogP contribution is -2.35. The molecule has 0 spiro atoms. The Morgan fingerprint density at radius 1 is 1.07 bits per heavy atom. The van der Waals surface area contributed by atoms with E-state index in [2.05, 4.69) is 10.6 Å². The number of aliphatic carboxylic acids is 1. The summed E-state index contributed by atoms with van der Waals surface area (Å²) in [7, 11) is 0. The molecule has 0 unspecified atom stereocenters. The molecule has 0 bridgehead atoms. The molecule has 1 aliphatic rings. The van der Waals surface area contributed by atoms with Crippen molar-refractivity contribution in [2.75, 3.05) is 5.32 Å². The summed E-state index contributed by atoms with van der Waals surface area (Å²) >= 11 is 0. The van der Waals surface area contributed by atoms with E-state index in [1.807, 2.05) is 0 Å². The minimum absolute atomic E-state index is 0.195. The smallest absolute Gasteiger partial charge is 0.332 e. The van der Waals surface area contributed by atoms with Gasteiger partial charge in [-0.15, -0.1) is 0 Å². The second kappa shape index (κ2) is 8.62. The average Bonchev–Trinajstić information content (AvgIpc) is 3.17. The third-order valence-corrected chi connectivity index (χ3v) is 4.33. The fraction of sp³-hybridized carbons (Fsp3) is 0.250. The normalized spacial score (nSPS) is 18.5. The van der Waals surface area contributed by atoms with Crippen molar-refractivity contribution in [1.82, 2.24) is 5.32 Å². The SMILES string of the molecule is O=C(Nc1cccc(CNC(=O)[C@@H]2CC[C@H](C(=O)O)O2)c1)c1cccc(F)c1.